The van der Waals surface area contributed by atoms with Gasteiger partial charge in [0, 0.05) is 58.7 Å². The van der Waals surface area contributed by atoms with Gasteiger partial charge >= 0.3 is 0 Å². The van der Waals surface area contributed by atoms with Crippen molar-refractivity contribution in [2.45, 2.75) is 38.3 Å². The molecule has 6 nitrogen and oxygen atoms in total. The maximum atomic E-state index is 12.6. The number of hydrogen-bond acceptors (Lipinski definition) is 5. The van der Waals surface area contributed by atoms with Gasteiger partial charge in [-0.1, -0.05) is 18.2 Å². The summed E-state index contributed by atoms with van der Waals surface area (Å²) in [4.78, 5) is 26.9. The number of halogens is 2. The maximum Gasteiger partial charge on any atom is 0.223 e. The number of amides is 1. The van der Waals surface area contributed by atoms with Crippen molar-refractivity contribution < 1.29 is 9.59 Å². The molecule has 8 heteroatoms. The molecule has 0 unspecified atom stereocenters. The molecule has 0 atom stereocenters. The summed E-state index contributed by atoms with van der Waals surface area (Å²) >= 11 is 6.70. The van der Waals surface area contributed by atoms with Gasteiger partial charge in [0.25, 0.3) is 0 Å². The van der Waals surface area contributed by atoms with Crippen molar-refractivity contribution in [3.05, 3.63) is 56.5 Å². The lowest BCUT2D eigenvalue weighted by atomic mass is 10.0. The standard InChI is InChI=1S/C22H26Br2N4O2/c23-17-11-15(12-18(24)22(17)26)20(29)5-6-21(30)28-9-7-16(8-10-28)27-13-14-3-1-2-4-19(14)25/h1-4,11-12,16,27H,5-10,13,25-26H2. The Labute approximate surface area is 193 Å². The number of anilines is 2. The average Bonchev–Trinajstić information content (AvgIpc) is 2.75. The van der Waals surface area contributed by atoms with Gasteiger partial charge in [0.05, 0.1) is 5.69 Å². The van der Waals surface area contributed by atoms with Gasteiger partial charge in [0.15, 0.2) is 5.78 Å². The molecule has 30 heavy (non-hydrogen) atoms. The molecular formula is C22H26Br2N4O2. The van der Waals surface area contributed by atoms with E-state index in [9.17, 15) is 9.59 Å². The van der Waals surface area contributed by atoms with Gasteiger partial charge in [-0.3, -0.25) is 9.59 Å². The Hall–Kier alpha value is -1.90. The molecule has 1 aliphatic heterocycles. The third-order valence-corrected chi connectivity index (χ3v) is 6.76. The number of nitrogens with one attached hydrogen (secondary N) is 1. The number of carbonyl (C=O) groups excluding carboxylic acids is 2. The first-order valence-electron chi connectivity index (χ1n) is 9.97. The summed E-state index contributed by atoms with van der Waals surface area (Å²) in [6.07, 6.45) is 2.19. The number of ketones is 1. The molecule has 1 amide bonds. The molecule has 1 aliphatic rings. The third kappa shape index (κ3) is 5.83. The summed E-state index contributed by atoms with van der Waals surface area (Å²) in [7, 11) is 0. The Bertz CT molecular complexity index is 904. The summed E-state index contributed by atoms with van der Waals surface area (Å²) in [6, 6.07) is 11.6. The number of nitrogen functional groups attached to an aromatic ring is 2. The summed E-state index contributed by atoms with van der Waals surface area (Å²) < 4.78 is 1.33. The van der Waals surface area contributed by atoms with E-state index in [4.69, 9.17) is 11.5 Å². The Morgan fingerprint density at radius 1 is 1.03 bits per heavy atom. The first-order valence-corrected chi connectivity index (χ1v) is 11.6. The van der Waals surface area contributed by atoms with Gasteiger partial charge in [0.1, 0.15) is 0 Å². The van der Waals surface area contributed by atoms with Crippen LogP contribution < -0.4 is 16.8 Å². The number of Topliss-reactive ketones (excluding diaryl/α,β-unsaturated/α-hetero) is 1. The van der Waals surface area contributed by atoms with Crippen molar-refractivity contribution >= 4 is 54.9 Å². The smallest absolute Gasteiger partial charge is 0.223 e. The van der Waals surface area contributed by atoms with Gasteiger partial charge in [-0.25, -0.2) is 0 Å². The van der Waals surface area contributed by atoms with Crippen LogP contribution in [0, 0.1) is 0 Å². The Morgan fingerprint density at radius 3 is 2.30 bits per heavy atom. The van der Waals surface area contributed by atoms with E-state index in [-0.39, 0.29) is 24.5 Å². The van der Waals surface area contributed by atoms with Crippen LogP contribution in [0.3, 0.4) is 0 Å². The SMILES string of the molecule is Nc1ccccc1CNC1CCN(C(=O)CCC(=O)c2cc(Br)c(N)c(Br)c2)CC1. The van der Waals surface area contributed by atoms with Gasteiger partial charge < -0.3 is 21.7 Å². The molecule has 0 aromatic heterocycles. The number of nitrogens with zero attached hydrogens (tertiary/aromatic N) is 1. The lowest BCUT2D eigenvalue weighted by molar-refractivity contribution is -0.132. The normalized spacial score (nSPS) is 14.7. The number of nitrogens with two attached hydrogens (primary N) is 2. The molecule has 2 aromatic carbocycles. The fraction of sp³-hybridized carbons (Fsp3) is 0.364. The number of piperidine rings is 1. The Morgan fingerprint density at radius 2 is 1.67 bits per heavy atom. The molecule has 0 saturated carbocycles. The van der Waals surface area contributed by atoms with Crippen LogP contribution in [0.1, 0.15) is 41.6 Å². The van der Waals surface area contributed by atoms with Crippen LogP contribution in [0.25, 0.3) is 0 Å². The predicted octanol–water partition coefficient (Wildman–Crippen LogP) is 4.12. The summed E-state index contributed by atoms with van der Waals surface area (Å²) in [5, 5.41) is 3.53. The molecule has 2 aromatic rings. The first kappa shape index (κ1) is 22.8. The number of carbonyl (C=O) groups is 2. The van der Waals surface area contributed by atoms with Crippen LogP contribution >= 0.6 is 31.9 Å². The molecule has 0 radical (unpaired) electrons. The molecule has 5 N–H and O–H groups in total. The maximum absolute atomic E-state index is 12.6. The number of benzene rings is 2. The fourth-order valence-electron chi connectivity index (χ4n) is 3.55. The van der Waals surface area contributed by atoms with Crippen molar-refractivity contribution in [2.24, 2.45) is 0 Å². The van der Waals surface area contributed by atoms with Crippen LogP contribution in [0.15, 0.2) is 45.3 Å². The highest BCUT2D eigenvalue weighted by Crippen LogP contribution is 2.30. The molecule has 1 heterocycles. The van der Waals surface area contributed by atoms with Crippen molar-refractivity contribution in [2.75, 3.05) is 24.6 Å². The number of rotatable bonds is 7. The zero-order valence-electron chi connectivity index (χ0n) is 16.7. The Kier molecular flexibility index (Phi) is 7.91. The van der Waals surface area contributed by atoms with Crippen LogP contribution in [-0.4, -0.2) is 35.7 Å². The minimum Gasteiger partial charge on any atom is -0.398 e. The monoisotopic (exact) mass is 536 g/mol. The molecule has 0 spiro atoms. The average molecular weight is 538 g/mol. The highest BCUT2D eigenvalue weighted by atomic mass is 79.9. The van der Waals surface area contributed by atoms with E-state index in [2.05, 4.69) is 37.2 Å². The van der Waals surface area contributed by atoms with Crippen molar-refractivity contribution in [1.29, 1.82) is 0 Å². The van der Waals surface area contributed by atoms with E-state index in [1.165, 1.54) is 0 Å². The van der Waals surface area contributed by atoms with Crippen LogP contribution in [0.2, 0.25) is 0 Å². The zero-order chi connectivity index (χ0) is 21.7. The predicted molar refractivity (Wildman–Crippen MR) is 127 cm³/mol. The molecule has 0 bridgehead atoms. The summed E-state index contributed by atoms with van der Waals surface area (Å²) in [5.74, 6) is -0.0376. The largest absolute Gasteiger partial charge is 0.398 e. The highest BCUT2D eigenvalue weighted by molar-refractivity contribution is 9.11. The van der Waals surface area contributed by atoms with Crippen molar-refractivity contribution in [1.82, 2.24) is 10.2 Å². The lowest BCUT2D eigenvalue weighted by Crippen LogP contribution is -2.44. The van der Waals surface area contributed by atoms with E-state index in [0.717, 1.165) is 30.6 Å². The molecule has 3 rings (SSSR count). The number of hydrogen-bond donors (Lipinski definition) is 3. The third-order valence-electron chi connectivity index (χ3n) is 5.45. The Balaban J connectivity index is 1.43. The van der Waals surface area contributed by atoms with E-state index in [0.29, 0.717) is 39.3 Å². The van der Waals surface area contributed by atoms with Crippen molar-refractivity contribution in [3.8, 4) is 0 Å². The molecular weight excluding hydrogens is 512 g/mol. The lowest BCUT2D eigenvalue weighted by Gasteiger charge is -2.32. The molecule has 1 saturated heterocycles. The highest BCUT2D eigenvalue weighted by Gasteiger charge is 2.23. The second-order valence-electron chi connectivity index (χ2n) is 7.51. The van der Waals surface area contributed by atoms with Gasteiger partial charge in [0.2, 0.25) is 5.91 Å². The van der Waals surface area contributed by atoms with Crippen LogP contribution in [0.5, 0.6) is 0 Å². The van der Waals surface area contributed by atoms with E-state index < -0.39 is 0 Å². The van der Waals surface area contributed by atoms with Crippen molar-refractivity contribution in [3.63, 3.8) is 0 Å². The van der Waals surface area contributed by atoms with Gasteiger partial charge in [-0.15, -0.1) is 0 Å². The van der Waals surface area contributed by atoms with Gasteiger partial charge in [-0.2, -0.15) is 0 Å². The fourth-order valence-corrected chi connectivity index (χ4v) is 4.74. The van der Waals surface area contributed by atoms with E-state index >= 15 is 0 Å². The minimum absolute atomic E-state index is 0.0303. The van der Waals surface area contributed by atoms with E-state index in [1.54, 1.807) is 12.1 Å². The zero-order valence-corrected chi connectivity index (χ0v) is 19.8. The summed E-state index contributed by atoms with van der Waals surface area (Å²) in [6.45, 7) is 2.13. The summed E-state index contributed by atoms with van der Waals surface area (Å²) in [5.41, 5.74) is 14.8. The quantitative estimate of drug-likeness (QED) is 0.364. The molecule has 1 fully saturated rings. The van der Waals surface area contributed by atoms with Gasteiger partial charge in [-0.05, 0) is 68.5 Å². The topological polar surface area (TPSA) is 101 Å². The molecule has 160 valence electrons. The number of para-hydroxylation sites is 1. The second kappa shape index (κ2) is 10.4. The van der Waals surface area contributed by atoms with Crippen LogP contribution in [-0.2, 0) is 11.3 Å². The number of likely N-dealkylation sites (tertiary alicyclic amines) is 1. The van der Waals surface area contributed by atoms with Crippen LogP contribution in [0.4, 0.5) is 11.4 Å². The van der Waals surface area contributed by atoms with E-state index in [1.807, 2.05) is 29.2 Å². The minimum atomic E-state index is -0.0678. The second-order valence-corrected chi connectivity index (χ2v) is 9.22. The first-order chi connectivity index (χ1) is 14.3. The molecule has 0 aliphatic carbocycles.